The Morgan fingerprint density at radius 2 is 2.32 bits per heavy atom. The van der Waals surface area contributed by atoms with E-state index in [2.05, 4.69) is 46.1 Å². The van der Waals surface area contributed by atoms with Gasteiger partial charge in [-0.3, -0.25) is 0 Å². The van der Waals surface area contributed by atoms with E-state index in [-0.39, 0.29) is 0 Å². The summed E-state index contributed by atoms with van der Waals surface area (Å²) < 4.78 is 0.998. The number of rotatable bonds is 4. The molecule has 0 spiro atoms. The first-order valence-corrected chi connectivity index (χ1v) is 7.61. The van der Waals surface area contributed by atoms with Gasteiger partial charge < -0.3 is 10.2 Å². The molecule has 1 aliphatic heterocycles. The van der Waals surface area contributed by atoms with Crippen molar-refractivity contribution in [2.45, 2.75) is 38.8 Å². The van der Waals surface area contributed by atoms with Crippen LogP contribution >= 0.6 is 15.9 Å². The van der Waals surface area contributed by atoms with Crippen molar-refractivity contribution >= 4 is 21.6 Å². The SMILES string of the molecule is CC(C)N(CC1CCCN1)c1ccc(C#N)cc1Br. The molecule has 1 N–H and O–H groups in total. The van der Waals surface area contributed by atoms with Crippen LogP contribution in [-0.2, 0) is 0 Å². The van der Waals surface area contributed by atoms with Crippen LogP contribution in [0.15, 0.2) is 22.7 Å². The molecule has 3 nitrogen and oxygen atoms in total. The van der Waals surface area contributed by atoms with Crippen LogP contribution in [0.3, 0.4) is 0 Å². The Morgan fingerprint density at radius 1 is 1.53 bits per heavy atom. The molecule has 19 heavy (non-hydrogen) atoms. The van der Waals surface area contributed by atoms with Gasteiger partial charge in [-0.2, -0.15) is 5.26 Å². The lowest BCUT2D eigenvalue weighted by molar-refractivity contribution is 0.552. The van der Waals surface area contributed by atoms with Gasteiger partial charge in [-0.05, 0) is 67.4 Å². The lowest BCUT2D eigenvalue weighted by Gasteiger charge is -2.32. The Morgan fingerprint density at radius 3 is 2.84 bits per heavy atom. The van der Waals surface area contributed by atoms with Crippen molar-refractivity contribution in [3.8, 4) is 6.07 Å². The van der Waals surface area contributed by atoms with Gasteiger partial charge in [0.15, 0.2) is 0 Å². The molecule has 1 aliphatic rings. The van der Waals surface area contributed by atoms with Crippen molar-refractivity contribution in [1.82, 2.24) is 5.32 Å². The molecule has 1 saturated heterocycles. The van der Waals surface area contributed by atoms with Crippen LogP contribution in [0, 0.1) is 11.3 Å². The molecule has 1 aromatic rings. The minimum absolute atomic E-state index is 0.437. The average molecular weight is 322 g/mol. The number of nitriles is 1. The van der Waals surface area contributed by atoms with Gasteiger partial charge in [-0.1, -0.05) is 0 Å². The summed E-state index contributed by atoms with van der Waals surface area (Å²) in [6.07, 6.45) is 2.52. The molecule has 0 saturated carbocycles. The molecule has 1 unspecified atom stereocenters. The van der Waals surface area contributed by atoms with Crippen molar-refractivity contribution in [2.75, 3.05) is 18.0 Å². The number of anilines is 1. The summed E-state index contributed by atoms with van der Waals surface area (Å²) in [5, 5.41) is 12.5. The van der Waals surface area contributed by atoms with E-state index in [9.17, 15) is 0 Å². The highest BCUT2D eigenvalue weighted by Gasteiger charge is 2.21. The second-order valence-electron chi connectivity index (χ2n) is 5.32. The van der Waals surface area contributed by atoms with E-state index in [0.717, 1.165) is 17.6 Å². The predicted octanol–water partition coefficient (Wildman–Crippen LogP) is 3.29. The number of hydrogen-bond donors (Lipinski definition) is 1. The fraction of sp³-hybridized carbons (Fsp3) is 0.533. The van der Waals surface area contributed by atoms with E-state index in [1.165, 1.54) is 18.5 Å². The summed E-state index contributed by atoms with van der Waals surface area (Å²) in [5.74, 6) is 0. The largest absolute Gasteiger partial charge is 0.367 e. The zero-order valence-corrected chi connectivity index (χ0v) is 13.1. The summed E-state index contributed by atoms with van der Waals surface area (Å²) >= 11 is 3.59. The molecule has 0 radical (unpaired) electrons. The highest BCUT2D eigenvalue weighted by molar-refractivity contribution is 9.10. The number of hydrogen-bond acceptors (Lipinski definition) is 3. The first-order valence-electron chi connectivity index (χ1n) is 6.81. The molecular weight excluding hydrogens is 302 g/mol. The molecular formula is C15H20BrN3. The standard InChI is InChI=1S/C15H20BrN3/c1-11(2)19(10-13-4-3-7-18-13)15-6-5-12(9-17)8-14(15)16/h5-6,8,11,13,18H,3-4,7,10H2,1-2H3. The first kappa shape index (κ1) is 14.4. The van der Waals surface area contributed by atoms with Crippen molar-refractivity contribution in [3.05, 3.63) is 28.2 Å². The summed E-state index contributed by atoms with van der Waals surface area (Å²) in [6.45, 7) is 6.56. The molecule has 1 heterocycles. The smallest absolute Gasteiger partial charge is 0.0992 e. The van der Waals surface area contributed by atoms with Crippen LogP contribution < -0.4 is 10.2 Å². The van der Waals surface area contributed by atoms with E-state index in [4.69, 9.17) is 5.26 Å². The van der Waals surface area contributed by atoms with E-state index in [0.29, 0.717) is 17.6 Å². The Balaban J connectivity index is 2.21. The highest BCUT2D eigenvalue weighted by atomic mass is 79.9. The summed E-state index contributed by atoms with van der Waals surface area (Å²) in [5.41, 5.74) is 1.86. The normalized spacial score (nSPS) is 18.6. The number of benzene rings is 1. The van der Waals surface area contributed by atoms with Gasteiger partial charge in [0, 0.05) is 23.1 Å². The maximum Gasteiger partial charge on any atom is 0.0992 e. The van der Waals surface area contributed by atoms with Gasteiger partial charge in [-0.15, -0.1) is 0 Å². The molecule has 0 aliphatic carbocycles. The Hall–Kier alpha value is -1.05. The van der Waals surface area contributed by atoms with E-state index in [1.54, 1.807) is 0 Å². The maximum atomic E-state index is 8.94. The molecule has 1 atom stereocenters. The number of halogens is 1. The van der Waals surface area contributed by atoms with Crippen LogP contribution in [0.5, 0.6) is 0 Å². The lowest BCUT2D eigenvalue weighted by atomic mass is 10.1. The van der Waals surface area contributed by atoms with Crippen molar-refractivity contribution in [3.63, 3.8) is 0 Å². The van der Waals surface area contributed by atoms with Gasteiger partial charge >= 0.3 is 0 Å². The molecule has 1 fully saturated rings. The van der Waals surface area contributed by atoms with Crippen molar-refractivity contribution < 1.29 is 0 Å². The number of nitrogens with one attached hydrogen (secondary N) is 1. The van der Waals surface area contributed by atoms with E-state index < -0.39 is 0 Å². The maximum absolute atomic E-state index is 8.94. The van der Waals surface area contributed by atoms with Crippen LogP contribution in [-0.4, -0.2) is 25.2 Å². The third-order valence-electron chi connectivity index (χ3n) is 3.59. The van der Waals surface area contributed by atoms with Crippen LogP contribution in [0.4, 0.5) is 5.69 Å². The topological polar surface area (TPSA) is 39.1 Å². The molecule has 0 bridgehead atoms. The zero-order chi connectivity index (χ0) is 13.8. The lowest BCUT2D eigenvalue weighted by Crippen LogP contribution is -2.41. The Kier molecular flexibility index (Phi) is 4.84. The average Bonchev–Trinajstić information content (AvgIpc) is 2.89. The minimum Gasteiger partial charge on any atom is -0.367 e. The van der Waals surface area contributed by atoms with Crippen molar-refractivity contribution in [1.29, 1.82) is 5.26 Å². The first-order chi connectivity index (χ1) is 9.11. The van der Waals surface area contributed by atoms with E-state index in [1.807, 2.05) is 18.2 Å². The highest BCUT2D eigenvalue weighted by Crippen LogP contribution is 2.29. The number of nitrogens with zero attached hydrogens (tertiary/aromatic N) is 2. The molecule has 1 aromatic carbocycles. The zero-order valence-electron chi connectivity index (χ0n) is 11.5. The van der Waals surface area contributed by atoms with E-state index >= 15 is 0 Å². The summed E-state index contributed by atoms with van der Waals surface area (Å²) in [6, 6.07) is 9.01. The summed E-state index contributed by atoms with van der Waals surface area (Å²) in [4.78, 5) is 2.40. The van der Waals surface area contributed by atoms with Gasteiger partial charge in [0.1, 0.15) is 0 Å². The fourth-order valence-corrected chi connectivity index (χ4v) is 3.15. The predicted molar refractivity (Wildman–Crippen MR) is 82.4 cm³/mol. The molecule has 102 valence electrons. The van der Waals surface area contributed by atoms with Crippen molar-refractivity contribution in [2.24, 2.45) is 0 Å². The van der Waals surface area contributed by atoms with Gasteiger partial charge in [0.25, 0.3) is 0 Å². The minimum atomic E-state index is 0.437. The summed E-state index contributed by atoms with van der Waals surface area (Å²) in [7, 11) is 0. The molecule has 0 amide bonds. The van der Waals surface area contributed by atoms with Crippen LogP contribution in [0.1, 0.15) is 32.3 Å². The van der Waals surface area contributed by atoms with Gasteiger partial charge in [0.2, 0.25) is 0 Å². The second kappa shape index (κ2) is 6.40. The van der Waals surface area contributed by atoms with Crippen LogP contribution in [0.2, 0.25) is 0 Å². The molecule has 2 rings (SSSR count). The fourth-order valence-electron chi connectivity index (χ4n) is 2.55. The Labute approximate surface area is 123 Å². The molecule has 4 heteroatoms. The monoisotopic (exact) mass is 321 g/mol. The quantitative estimate of drug-likeness (QED) is 0.924. The Bertz CT molecular complexity index is 473. The second-order valence-corrected chi connectivity index (χ2v) is 6.17. The van der Waals surface area contributed by atoms with Gasteiger partial charge in [0.05, 0.1) is 17.3 Å². The molecule has 0 aromatic heterocycles. The third kappa shape index (κ3) is 3.49. The third-order valence-corrected chi connectivity index (χ3v) is 4.22. The van der Waals surface area contributed by atoms with Gasteiger partial charge in [-0.25, -0.2) is 0 Å². The van der Waals surface area contributed by atoms with Crippen LogP contribution in [0.25, 0.3) is 0 Å².